The van der Waals surface area contributed by atoms with Crippen LogP contribution in [0, 0.1) is 0 Å². The molecule has 3 nitrogen and oxygen atoms in total. The summed E-state index contributed by atoms with van der Waals surface area (Å²) in [5.41, 5.74) is 1.34. The molecule has 0 bridgehead atoms. The lowest BCUT2D eigenvalue weighted by atomic mass is 10.1. The molecule has 0 spiro atoms. The highest BCUT2D eigenvalue weighted by Gasteiger charge is 2.15. The highest BCUT2D eigenvalue weighted by Crippen LogP contribution is 2.12. The number of ether oxygens (including phenoxy) is 2. The Morgan fingerprint density at radius 1 is 1.28 bits per heavy atom. The molecule has 4 heteroatoms. The topological polar surface area (TPSA) is 30.5 Å². The number of rotatable bonds is 10. The van der Waals surface area contributed by atoms with Gasteiger partial charge in [0.25, 0.3) is 0 Å². The summed E-state index contributed by atoms with van der Waals surface area (Å²) in [7, 11) is 1.74. The molecule has 0 aromatic carbocycles. The second-order valence-corrected chi connectivity index (χ2v) is 5.74. The predicted octanol–water partition coefficient (Wildman–Crippen LogP) is 2.71. The van der Waals surface area contributed by atoms with Crippen LogP contribution in [-0.2, 0) is 15.9 Å². The number of methoxy groups -OCH3 is 1. The molecule has 1 N–H and O–H groups in total. The minimum Gasteiger partial charge on any atom is -0.380 e. The van der Waals surface area contributed by atoms with E-state index in [4.69, 9.17) is 9.47 Å². The number of thiophene rings is 1. The fourth-order valence-electron chi connectivity index (χ4n) is 1.46. The first-order valence-corrected chi connectivity index (χ1v) is 7.43. The summed E-state index contributed by atoms with van der Waals surface area (Å²) >= 11 is 1.75. The first-order chi connectivity index (χ1) is 8.64. The van der Waals surface area contributed by atoms with Gasteiger partial charge in [-0.25, -0.2) is 0 Å². The Balaban J connectivity index is 1.87. The summed E-state index contributed by atoms with van der Waals surface area (Å²) in [5.74, 6) is 0. The van der Waals surface area contributed by atoms with E-state index < -0.39 is 0 Å². The van der Waals surface area contributed by atoms with E-state index >= 15 is 0 Å². The molecular weight excluding hydrogens is 246 g/mol. The standard InChI is InChI=1S/C14H25NO2S/c1-14(2,16-3)6-9-17-10-8-15-7-4-13-5-11-18-12-13/h5,11-12,15H,4,6-10H2,1-3H3. The molecule has 104 valence electrons. The van der Waals surface area contributed by atoms with Crippen LogP contribution < -0.4 is 5.32 Å². The number of nitrogens with one attached hydrogen (secondary N) is 1. The van der Waals surface area contributed by atoms with Crippen molar-refractivity contribution >= 4 is 11.3 Å². The van der Waals surface area contributed by atoms with Crippen molar-refractivity contribution in [2.45, 2.75) is 32.3 Å². The molecule has 0 aliphatic rings. The van der Waals surface area contributed by atoms with Gasteiger partial charge in [0.15, 0.2) is 0 Å². The molecule has 0 aliphatic heterocycles. The van der Waals surface area contributed by atoms with E-state index in [2.05, 4.69) is 36.0 Å². The van der Waals surface area contributed by atoms with Crippen LogP contribution >= 0.6 is 11.3 Å². The highest BCUT2D eigenvalue weighted by molar-refractivity contribution is 7.07. The Morgan fingerprint density at radius 3 is 2.78 bits per heavy atom. The molecule has 18 heavy (non-hydrogen) atoms. The maximum atomic E-state index is 5.57. The van der Waals surface area contributed by atoms with Crippen LogP contribution in [0.3, 0.4) is 0 Å². The van der Waals surface area contributed by atoms with Crippen molar-refractivity contribution in [1.82, 2.24) is 5.32 Å². The van der Waals surface area contributed by atoms with Crippen LogP contribution in [0.1, 0.15) is 25.8 Å². The molecule has 1 heterocycles. The Morgan fingerprint density at radius 2 is 2.11 bits per heavy atom. The quantitative estimate of drug-likeness (QED) is 0.664. The molecule has 0 amide bonds. The van der Waals surface area contributed by atoms with E-state index in [-0.39, 0.29) is 5.60 Å². The summed E-state index contributed by atoms with van der Waals surface area (Å²) in [6.45, 7) is 7.61. The molecule has 1 rings (SSSR count). The SMILES string of the molecule is COC(C)(C)CCOCCNCCc1ccsc1. The minimum atomic E-state index is -0.0770. The van der Waals surface area contributed by atoms with E-state index in [9.17, 15) is 0 Å². The zero-order valence-corrected chi connectivity index (χ0v) is 12.5. The third kappa shape index (κ3) is 7.11. The van der Waals surface area contributed by atoms with Crippen LogP contribution in [0.15, 0.2) is 16.8 Å². The van der Waals surface area contributed by atoms with Crippen LogP contribution in [0.4, 0.5) is 0 Å². The third-order valence-electron chi connectivity index (χ3n) is 2.99. The fourth-order valence-corrected chi connectivity index (χ4v) is 2.16. The average Bonchev–Trinajstić information content (AvgIpc) is 2.85. The summed E-state index contributed by atoms with van der Waals surface area (Å²) < 4.78 is 10.9. The maximum absolute atomic E-state index is 5.57. The lowest BCUT2D eigenvalue weighted by molar-refractivity contribution is -0.00933. The van der Waals surface area contributed by atoms with Gasteiger partial charge in [-0.3, -0.25) is 0 Å². The smallest absolute Gasteiger partial charge is 0.0644 e. The monoisotopic (exact) mass is 271 g/mol. The Hall–Kier alpha value is -0.420. The molecule has 0 aliphatic carbocycles. The summed E-state index contributed by atoms with van der Waals surface area (Å²) in [5, 5.41) is 7.70. The molecule has 1 aromatic rings. The van der Waals surface area contributed by atoms with Gasteiger partial charge in [-0.2, -0.15) is 11.3 Å². The predicted molar refractivity (Wildman–Crippen MR) is 77.4 cm³/mol. The maximum Gasteiger partial charge on any atom is 0.0644 e. The van der Waals surface area contributed by atoms with E-state index in [0.29, 0.717) is 0 Å². The van der Waals surface area contributed by atoms with Crippen molar-refractivity contribution in [3.63, 3.8) is 0 Å². The van der Waals surface area contributed by atoms with Crippen LogP contribution in [-0.4, -0.2) is 39.0 Å². The molecule has 0 saturated heterocycles. The van der Waals surface area contributed by atoms with Gasteiger partial charge < -0.3 is 14.8 Å². The summed E-state index contributed by atoms with van der Waals surface area (Å²) in [6, 6.07) is 2.18. The molecule has 0 fully saturated rings. The fraction of sp³-hybridized carbons (Fsp3) is 0.714. The van der Waals surface area contributed by atoms with Gasteiger partial charge in [0.2, 0.25) is 0 Å². The minimum absolute atomic E-state index is 0.0770. The highest BCUT2D eigenvalue weighted by atomic mass is 32.1. The van der Waals surface area contributed by atoms with Crippen molar-refractivity contribution in [2.75, 3.05) is 33.4 Å². The molecule has 0 unspecified atom stereocenters. The second kappa shape index (κ2) is 8.64. The van der Waals surface area contributed by atoms with Gasteiger partial charge in [0.05, 0.1) is 12.2 Å². The summed E-state index contributed by atoms with van der Waals surface area (Å²) in [6.07, 6.45) is 2.03. The van der Waals surface area contributed by atoms with Gasteiger partial charge in [-0.1, -0.05) is 0 Å². The van der Waals surface area contributed by atoms with Crippen LogP contribution in [0.2, 0.25) is 0 Å². The Labute approximate surface area is 114 Å². The third-order valence-corrected chi connectivity index (χ3v) is 3.73. The van der Waals surface area contributed by atoms with Crippen LogP contribution in [0.5, 0.6) is 0 Å². The largest absolute Gasteiger partial charge is 0.380 e. The van der Waals surface area contributed by atoms with Gasteiger partial charge in [0.1, 0.15) is 0 Å². The zero-order chi connectivity index (χ0) is 13.3. The van der Waals surface area contributed by atoms with E-state index in [1.807, 2.05) is 0 Å². The molecular formula is C14H25NO2S. The van der Waals surface area contributed by atoms with E-state index in [1.165, 1.54) is 5.56 Å². The first-order valence-electron chi connectivity index (χ1n) is 6.49. The van der Waals surface area contributed by atoms with E-state index in [1.54, 1.807) is 18.4 Å². The average molecular weight is 271 g/mol. The lowest BCUT2D eigenvalue weighted by Crippen LogP contribution is -2.26. The Bertz CT molecular complexity index is 299. The summed E-state index contributed by atoms with van der Waals surface area (Å²) in [4.78, 5) is 0. The van der Waals surface area contributed by atoms with Gasteiger partial charge in [0, 0.05) is 20.3 Å². The van der Waals surface area contributed by atoms with Crippen molar-refractivity contribution in [3.8, 4) is 0 Å². The number of hydrogen-bond donors (Lipinski definition) is 1. The molecule has 1 aromatic heterocycles. The van der Waals surface area contributed by atoms with Crippen molar-refractivity contribution in [3.05, 3.63) is 22.4 Å². The number of hydrogen-bond acceptors (Lipinski definition) is 4. The van der Waals surface area contributed by atoms with Crippen molar-refractivity contribution < 1.29 is 9.47 Å². The second-order valence-electron chi connectivity index (χ2n) is 4.96. The van der Waals surface area contributed by atoms with E-state index in [0.717, 1.165) is 39.1 Å². The van der Waals surface area contributed by atoms with Crippen molar-refractivity contribution in [1.29, 1.82) is 0 Å². The zero-order valence-electron chi connectivity index (χ0n) is 11.7. The van der Waals surface area contributed by atoms with Gasteiger partial charge in [-0.05, 0) is 55.6 Å². The molecule has 0 radical (unpaired) electrons. The van der Waals surface area contributed by atoms with Crippen LogP contribution in [0.25, 0.3) is 0 Å². The normalized spacial score (nSPS) is 11.9. The lowest BCUT2D eigenvalue weighted by Gasteiger charge is -2.22. The van der Waals surface area contributed by atoms with Crippen molar-refractivity contribution in [2.24, 2.45) is 0 Å². The van der Waals surface area contributed by atoms with Gasteiger partial charge in [-0.15, -0.1) is 0 Å². The molecule has 0 saturated carbocycles. The Kier molecular flexibility index (Phi) is 7.51. The first kappa shape index (κ1) is 15.6. The van der Waals surface area contributed by atoms with Gasteiger partial charge >= 0.3 is 0 Å². The molecule has 0 atom stereocenters.